The van der Waals surface area contributed by atoms with Crippen molar-refractivity contribution in [2.24, 2.45) is 4.99 Å². The van der Waals surface area contributed by atoms with Gasteiger partial charge < -0.3 is 4.90 Å². The van der Waals surface area contributed by atoms with Gasteiger partial charge in [-0.3, -0.25) is 4.99 Å². The summed E-state index contributed by atoms with van der Waals surface area (Å²) in [5.74, 6) is 1.21. The lowest BCUT2D eigenvalue weighted by molar-refractivity contribution is 0.595. The zero-order valence-electron chi connectivity index (χ0n) is 11.3. The number of amidine groups is 1. The standard InChI is InChI=1S/C15H24N2/c1-4-5-13-16-15(17(2)3)12-11-14-9-7-6-8-10-14/h6-10H,4-5,11-13H2,1-3H3. The molecule has 0 N–H and O–H groups in total. The smallest absolute Gasteiger partial charge is 0.0987 e. The number of aliphatic imine (C=N–C) groups is 1. The van der Waals surface area contributed by atoms with Gasteiger partial charge in [0.2, 0.25) is 0 Å². The molecule has 0 heterocycles. The lowest BCUT2D eigenvalue weighted by atomic mass is 10.1. The summed E-state index contributed by atoms with van der Waals surface area (Å²) in [5, 5.41) is 0. The first-order valence-electron chi connectivity index (χ1n) is 6.48. The van der Waals surface area contributed by atoms with Crippen LogP contribution in [0.3, 0.4) is 0 Å². The number of rotatable bonds is 6. The molecule has 1 rings (SSSR count). The van der Waals surface area contributed by atoms with Crippen molar-refractivity contribution < 1.29 is 0 Å². The van der Waals surface area contributed by atoms with Crippen LogP contribution in [-0.2, 0) is 6.42 Å². The van der Waals surface area contributed by atoms with E-state index in [2.05, 4.69) is 61.2 Å². The second-order valence-corrected chi connectivity index (χ2v) is 4.53. The summed E-state index contributed by atoms with van der Waals surface area (Å²) < 4.78 is 0. The topological polar surface area (TPSA) is 15.6 Å². The van der Waals surface area contributed by atoms with Crippen molar-refractivity contribution >= 4 is 5.84 Å². The maximum Gasteiger partial charge on any atom is 0.0987 e. The summed E-state index contributed by atoms with van der Waals surface area (Å²) in [4.78, 5) is 6.81. The Bertz CT molecular complexity index is 328. The van der Waals surface area contributed by atoms with Gasteiger partial charge in [-0.1, -0.05) is 43.7 Å². The number of hydrogen-bond donors (Lipinski definition) is 0. The van der Waals surface area contributed by atoms with Crippen molar-refractivity contribution in [3.63, 3.8) is 0 Å². The van der Waals surface area contributed by atoms with Crippen molar-refractivity contribution in [1.82, 2.24) is 4.90 Å². The Hall–Kier alpha value is -1.31. The van der Waals surface area contributed by atoms with E-state index in [0.29, 0.717) is 0 Å². The van der Waals surface area contributed by atoms with Gasteiger partial charge in [-0.25, -0.2) is 0 Å². The number of nitrogens with zero attached hydrogens (tertiary/aromatic N) is 2. The van der Waals surface area contributed by atoms with Crippen molar-refractivity contribution in [3.05, 3.63) is 35.9 Å². The Labute approximate surface area is 105 Å². The molecule has 2 nitrogen and oxygen atoms in total. The van der Waals surface area contributed by atoms with Crippen LogP contribution < -0.4 is 0 Å². The van der Waals surface area contributed by atoms with Crippen LogP contribution in [0.2, 0.25) is 0 Å². The summed E-state index contributed by atoms with van der Waals surface area (Å²) in [6.07, 6.45) is 4.50. The normalized spacial score (nSPS) is 11.6. The molecule has 0 saturated carbocycles. The zero-order chi connectivity index (χ0) is 12.5. The molecule has 2 heteroatoms. The molecule has 1 aromatic rings. The highest BCUT2D eigenvalue weighted by Crippen LogP contribution is 2.05. The van der Waals surface area contributed by atoms with Crippen LogP contribution in [-0.4, -0.2) is 31.4 Å². The van der Waals surface area contributed by atoms with Gasteiger partial charge in [0.15, 0.2) is 0 Å². The summed E-state index contributed by atoms with van der Waals surface area (Å²) in [5.41, 5.74) is 1.39. The van der Waals surface area contributed by atoms with Gasteiger partial charge in [-0.15, -0.1) is 0 Å². The van der Waals surface area contributed by atoms with Gasteiger partial charge in [0.05, 0.1) is 5.84 Å². The van der Waals surface area contributed by atoms with E-state index >= 15 is 0 Å². The third-order valence-electron chi connectivity index (χ3n) is 2.80. The predicted octanol–water partition coefficient (Wildman–Crippen LogP) is 3.38. The van der Waals surface area contributed by atoms with E-state index in [1.807, 2.05) is 0 Å². The second-order valence-electron chi connectivity index (χ2n) is 4.53. The van der Waals surface area contributed by atoms with Crippen LogP contribution in [0.15, 0.2) is 35.3 Å². The monoisotopic (exact) mass is 232 g/mol. The highest BCUT2D eigenvalue weighted by molar-refractivity contribution is 5.82. The third kappa shape index (κ3) is 5.53. The molecule has 0 aromatic heterocycles. The minimum absolute atomic E-state index is 0.957. The van der Waals surface area contributed by atoms with E-state index < -0.39 is 0 Å². The number of unbranched alkanes of at least 4 members (excludes halogenated alkanes) is 1. The molecule has 0 aliphatic carbocycles. The highest BCUT2D eigenvalue weighted by Gasteiger charge is 2.02. The van der Waals surface area contributed by atoms with Crippen molar-refractivity contribution in [2.75, 3.05) is 20.6 Å². The molecule has 0 atom stereocenters. The molecular weight excluding hydrogens is 208 g/mol. The van der Waals surface area contributed by atoms with Crippen LogP contribution >= 0.6 is 0 Å². The molecule has 1 aromatic carbocycles. The van der Waals surface area contributed by atoms with Crippen LogP contribution in [0.25, 0.3) is 0 Å². The van der Waals surface area contributed by atoms with Crippen LogP contribution in [0.1, 0.15) is 31.7 Å². The van der Waals surface area contributed by atoms with E-state index in [0.717, 1.165) is 19.4 Å². The van der Waals surface area contributed by atoms with Gasteiger partial charge in [-0.05, 0) is 18.4 Å². The molecule has 94 valence electrons. The van der Waals surface area contributed by atoms with E-state index in [1.165, 1.54) is 24.2 Å². The van der Waals surface area contributed by atoms with Crippen LogP contribution in [0.5, 0.6) is 0 Å². The minimum atomic E-state index is 0.957. The maximum atomic E-state index is 4.67. The van der Waals surface area contributed by atoms with Gasteiger partial charge in [0, 0.05) is 27.1 Å². The van der Waals surface area contributed by atoms with Crippen LogP contribution in [0, 0.1) is 0 Å². The molecule has 0 radical (unpaired) electrons. The Kier molecular flexibility index (Phi) is 6.38. The Morgan fingerprint density at radius 3 is 2.47 bits per heavy atom. The average molecular weight is 232 g/mol. The molecule has 0 fully saturated rings. The molecule has 0 amide bonds. The number of aryl methyl sites for hydroxylation is 1. The molecule has 0 unspecified atom stereocenters. The van der Waals surface area contributed by atoms with Crippen LogP contribution in [0.4, 0.5) is 0 Å². The lowest BCUT2D eigenvalue weighted by Crippen LogP contribution is -2.23. The summed E-state index contributed by atoms with van der Waals surface area (Å²) in [6, 6.07) is 10.6. The fourth-order valence-corrected chi connectivity index (χ4v) is 1.71. The predicted molar refractivity (Wildman–Crippen MR) is 75.7 cm³/mol. The molecule has 17 heavy (non-hydrogen) atoms. The Morgan fingerprint density at radius 2 is 1.88 bits per heavy atom. The van der Waals surface area contributed by atoms with E-state index in [1.54, 1.807) is 0 Å². The average Bonchev–Trinajstić information content (AvgIpc) is 2.34. The second kappa shape index (κ2) is 7.88. The Balaban J connectivity index is 2.47. The number of hydrogen-bond acceptors (Lipinski definition) is 1. The SMILES string of the molecule is CCCCN=C(CCc1ccccc1)N(C)C. The Morgan fingerprint density at radius 1 is 1.18 bits per heavy atom. The molecule has 0 aliphatic heterocycles. The van der Waals surface area contributed by atoms with Gasteiger partial charge in [-0.2, -0.15) is 0 Å². The van der Waals surface area contributed by atoms with Crippen molar-refractivity contribution in [1.29, 1.82) is 0 Å². The molecule has 0 aliphatic rings. The fourth-order valence-electron chi connectivity index (χ4n) is 1.71. The molecule has 0 spiro atoms. The van der Waals surface area contributed by atoms with Gasteiger partial charge in [0.1, 0.15) is 0 Å². The maximum absolute atomic E-state index is 4.67. The zero-order valence-corrected chi connectivity index (χ0v) is 11.3. The number of benzene rings is 1. The highest BCUT2D eigenvalue weighted by atomic mass is 15.1. The molecule has 0 saturated heterocycles. The lowest BCUT2D eigenvalue weighted by Gasteiger charge is -2.16. The van der Waals surface area contributed by atoms with Gasteiger partial charge in [0.25, 0.3) is 0 Å². The van der Waals surface area contributed by atoms with Gasteiger partial charge >= 0.3 is 0 Å². The minimum Gasteiger partial charge on any atom is -0.366 e. The largest absolute Gasteiger partial charge is 0.366 e. The van der Waals surface area contributed by atoms with E-state index in [-0.39, 0.29) is 0 Å². The molecule has 0 bridgehead atoms. The first kappa shape index (κ1) is 13.8. The van der Waals surface area contributed by atoms with E-state index in [9.17, 15) is 0 Å². The molecular formula is C15H24N2. The summed E-state index contributed by atoms with van der Waals surface area (Å²) in [6.45, 7) is 3.16. The fraction of sp³-hybridized carbons (Fsp3) is 0.533. The third-order valence-corrected chi connectivity index (χ3v) is 2.80. The van der Waals surface area contributed by atoms with E-state index in [4.69, 9.17) is 0 Å². The summed E-state index contributed by atoms with van der Waals surface area (Å²) >= 11 is 0. The summed E-state index contributed by atoms with van der Waals surface area (Å²) in [7, 11) is 4.16. The van der Waals surface area contributed by atoms with Crippen molar-refractivity contribution in [2.45, 2.75) is 32.6 Å². The first-order chi connectivity index (χ1) is 8.24. The first-order valence-corrected chi connectivity index (χ1v) is 6.48. The van der Waals surface area contributed by atoms with Crippen molar-refractivity contribution in [3.8, 4) is 0 Å². The quantitative estimate of drug-likeness (QED) is 0.417.